The van der Waals surface area contributed by atoms with Gasteiger partial charge in [0.25, 0.3) is 0 Å². The molecule has 0 aliphatic heterocycles. The third-order valence-corrected chi connectivity index (χ3v) is 6.02. The van der Waals surface area contributed by atoms with Gasteiger partial charge in [-0.15, -0.1) is 0 Å². The van der Waals surface area contributed by atoms with Crippen molar-refractivity contribution < 1.29 is 29.0 Å². The maximum absolute atomic E-state index is 13.3. The monoisotopic (exact) mass is 538 g/mol. The number of aliphatic carboxylic acids is 1. The number of ketones is 1. The van der Waals surface area contributed by atoms with Gasteiger partial charge >= 0.3 is 12.1 Å². The molecule has 0 radical (unpaired) electrons. The Hall–Kier alpha value is -3.68. The van der Waals surface area contributed by atoms with Crippen LogP contribution in [-0.4, -0.2) is 58.5 Å². The SMILES string of the molecule is CC(C)C[C@@H](NC(=O)[C@H](CC(=O)CN(CCc1ccccc1)C(=O)OC(C)(C)C)Cc1ccccc1)C(=O)O. The van der Waals surface area contributed by atoms with Gasteiger partial charge in [-0.2, -0.15) is 0 Å². The van der Waals surface area contributed by atoms with Crippen molar-refractivity contribution in [2.24, 2.45) is 11.8 Å². The third kappa shape index (κ3) is 12.1. The molecule has 8 nitrogen and oxygen atoms in total. The fourth-order valence-corrected chi connectivity index (χ4v) is 4.16. The van der Waals surface area contributed by atoms with Gasteiger partial charge in [-0.3, -0.25) is 9.59 Å². The van der Waals surface area contributed by atoms with Gasteiger partial charge < -0.3 is 20.1 Å². The topological polar surface area (TPSA) is 113 Å². The molecule has 8 heteroatoms. The number of benzene rings is 2. The number of carbonyl (C=O) groups is 4. The second-order valence-corrected chi connectivity index (χ2v) is 11.3. The number of carboxylic acids is 1. The van der Waals surface area contributed by atoms with Crippen LogP contribution in [0.3, 0.4) is 0 Å². The molecule has 0 bridgehead atoms. The number of amides is 2. The number of nitrogens with one attached hydrogen (secondary N) is 1. The Kier molecular flexibility index (Phi) is 12.2. The standard InChI is InChI=1S/C31H42N2O6/c1-22(2)18-27(29(36)37)32-28(35)25(19-24-14-10-7-11-15-24)20-26(34)21-33(30(38)39-31(3,4)5)17-16-23-12-8-6-9-13-23/h6-15,22,25,27H,16-21H2,1-5H3,(H,32,35)(H,36,37)/t25-,27+/m0/s1. The summed E-state index contributed by atoms with van der Waals surface area (Å²) in [5.74, 6) is -2.64. The molecular formula is C31H42N2O6. The lowest BCUT2D eigenvalue weighted by atomic mass is 9.92. The number of nitrogens with zero attached hydrogens (tertiary/aromatic N) is 1. The minimum atomic E-state index is -1.11. The Morgan fingerprint density at radius 3 is 2.00 bits per heavy atom. The average molecular weight is 539 g/mol. The smallest absolute Gasteiger partial charge is 0.410 e. The second kappa shape index (κ2) is 15.0. The maximum Gasteiger partial charge on any atom is 0.410 e. The van der Waals surface area contributed by atoms with Crippen LogP contribution in [0, 0.1) is 11.8 Å². The lowest BCUT2D eigenvalue weighted by molar-refractivity contribution is -0.143. The Bertz CT molecular complexity index is 1080. The Balaban J connectivity index is 2.19. The van der Waals surface area contributed by atoms with Crippen LogP contribution in [0.15, 0.2) is 60.7 Å². The molecule has 2 aromatic rings. The van der Waals surface area contributed by atoms with Gasteiger partial charge in [0, 0.05) is 18.9 Å². The minimum Gasteiger partial charge on any atom is -0.480 e. The second-order valence-electron chi connectivity index (χ2n) is 11.3. The van der Waals surface area contributed by atoms with Gasteiger partial charge in [-0.1, -0.05) is 74.5 Å². The number of hydrogen-bond acceptors (Lipinski definition) is 5. The highest BCUT2D eigenvalue weighted by atomic mass is 16.6. The van der Waals surface area contributed by atoms with E-state index < -0.39 is 35.5 Å². The molecule has 2 amide bonds. The predicted octanol–water partition coefficient (Wildman–Crippen LogP) is 4.90. The van der Waals surface area contributed by atoms with Crippen molar-refractivity contribution in [2.75, 3.05) is 13.1 Å². The number of rotatable bonds is 14. The molecule has 0 aromatic heterocycles. The molecule has 39 heavy (non-hydrogen) atoms. The third-order valence-electron chi connectivity index (χ3n) is 6.02. The van der Waals surface area contributed by atoms with Crippen LogP contribution in [-0.2, 0) is 32.0 Å². The summed E-state index contributed by atoms with van der Waals surface area (Å²) in [6.45, 7) is 9.11. The summed E-state index contributed by atoms with van der Waals surface area (Å²) in [4.78, 5) is 52.6. The first-order chi connectivity index (χ1) is 18.3. The van der Waals surface area contributed by atoms with Gasteiger partial charge in [0.05, 0.1) is 6.54 Å². The van der Waals surface area contributed by atoms with E-state index in [1.807, 2.05) is 74.5 Å². The van der Waals surface area contributed by atoms with Crippen LogP contribution in [0.1, 0.15) is 58.6 Å². The number of hydrogen-bond donors (Lipinski definition) is 2. The molecule has 2 atom stereocenters. The molecule has 0 aliphatic carbocycles. The summed E-state index contributed by atoms with van der Waals surface area (Å²) in [6.07, 6.45) is 0.344. The summed E-state index contributed by atoms with van der Waals surface area (Å²) >= 11 is 0. The van der Waals surface area contributed by atoms with Crippen LogP contribution in [0.4, 0.5) is 4.79 Å². The van der Waals surface area contributed by atoms with Crippen LogP contribution in [0.25, 0.3) is 0 Å². The summed E-state index contributed by atoms with van der Waals surface area (Å²) < 4.78 is 5.54. The molecule has 0 fully saturated rings. The normalized spacial score (nSPS) is 12.9. The Morgan fingerprint density at radius 1 is 0.923 bits per heavy atom. The fraction of sp³-hybridized carbons (Fsp3) is 0.484. The highest BCUT2D eigenvalue weighted by Crippen LogP contribution is 2.17. The van der Waals surface area contributed by atoms with Crippen LogP contribution < -0.4 is 5.32 Å². The van der Waals surface area contributed by atoms with E-state index in [1.165, 1.54) is 4.90 Å². The molecule has 212 valence electrons. The number of ether oxygens (including phenoxy) is 1. The average Bonchev–Trinajstić information content (AvgIpc) is 2.85. The maximum atomic E-state index is 13.3. The predicted molar refractivity (Wildman–Crippen MR) is 150 cm³/mol. The fourth-order valence-electron chi connectivity index (χ4n) is 4.16. The van der Waals surface area contributed by atoms with E-state index in [0.29, 0.717) is 6.42 Å². The lowest BCUT2D eigenvalue weighted by Gasteiger charge is -2.27. The van der Waals surface area contributed by atoms with Crippen molar-refractivity contribution in [1.29, 1.82) is 0 Å². The Morgan fingerprint density at radius 2 is 1.49 bits per heavy atom. The quantitative estimate of drug-likeness (QED) is 0.354. The zero-order chi connectivity index (χ0) is 29.0. The van der Waals surface area contributed by atoms with E-state index in [2.05, 4.69) is 5.32 Å². The van der Waals surface area contributed by atoms with E-state index in [-0.39, 0.29) is 44.1 Å². The summed E-state index contributed by atoms with van der Waals surface area (Å²) in [5, 5.41) is 12.2. The van der Waals surface area contributed by atoms with Crippen LogP contribution in [0.5, 0.6) is 0 Å². The number of Topliss-reactive ketones (excluding diaryl/α,β-unsaturated/α-hetero) is 1. The molecular weight excluding hydrogens is 496 g/mol. The van der Waals surface area contributed by atoms with E-state index >= 15 is 0 Å². The van der Waals surface area contributed by atoms with E-state index in [1.54, 1.807) is 20.8 Å². The largest absolute Gasteiger partial charge is 0.480 e. The summed E-state index contributed by atoms with van der Waals surface area (Å²) in [7, 11) is 0. The molecule has 0 heterocycles. The first-order valence-electron chi connectivity index (χ1n) is 13.4. The van der Waals surface area contributed by atoms with E-state index in [9.17, 15) is 24.3 Å². The Labute approximate surface area is 231 Å². The van der Waals surface area contributed by atoms with Crippen molar-refractivity contribution in [3.05, 3.63) is 71.8 Å². The van der Waals surface area contributed by atoms with Crippen molar-refractivity contribution in [3.8, 4) is 0 Å². The highest BCUT2D eigenvalue weighted by molar-refractivity contribution is 5.91. The van der Waals surface area contributed by atoms with Gasteiger partial charge in [0.15, 0.2) is 5.78 Å². The molecule has 0 aliphatic rings. The molecule has 2 rings (SSSR count). The van der Waals surface area contributed by atoms with Gasteiger partial charge in [-0.05, 0) is 57.1 Å². The molecule has 0 spiro atoms. The molecule has 2 N–H and O–H groups in total. The zero-order valence-corrected chi connectivity index (χ0v) is 23.7. The molecule has 2 aromatic carbocycles. The van der Waals surface area contributed by atoms with Gasteiger partial charge in [-0.25, -0.2) is 9.59 Å². The molecule has 0 unspecified atom stereocenters. The summed E-state index contributed by atoms with van der Waals surface area (Å²) in [6, 6.07) is 17.9. The van der Waals surface area contributed by atoms with Gasteiger partial charge in [0.1, 0.15) is 11.6 Å². The van der Waals surface area contributed by atoms with Crippen LogP contribution in [0.2, 0.25) is 0 Å². The number of carbonyl (C=O) groups excluding carboxylic acids is 3. The number of carboxylic acid groups (broad SMARTS) is 1. The zero-order valence-electron chi connectivity index (χ0n) is 23.7. The first-order valence-corrected chi connectivity index (χ1v) is 13.4. The van der Waals surface area contributed by atoms with Crippen molar-refractivity contribution in [1.82, 2.24) is 10.2 Å². The van der Waals surface area contributed by atoms with Crippen molar-refractivity contribution in [3.63, 3.8) is 0 Å². The van der Waals surface area contributed by atoms with E-state index in [4.69, 9.17) is 4.74 Å². The summed E-state index contributed by atoms with van der Waals surface area (Å²) in [5.41, 5.74) is 1.14. The van der Waals surface area contributed by atoms with E-state index in [0.717, 1.165) is 11.1 Å². The minimum absolute atomic E-state index is 0.0626. The first kappa shape index (κ1) is 31.5. The van der Waals surface area contributed by atoms with Crippen molar-refractivity contribution >= 4 is 23.8 Å². The van der Waals surface area contributed by atoms with Crippen LogP contribution >= 0.6 is 0 Å². The molecule has 0 saturated carbocycles. The highest BCUT2D eigenvalue weighted by Gasteiger charge is 2.30. The van der Waals surface area contributed by atoms with Gasteiger partial charge in [0.2, 0.25) is 5.91 Å². The lowest BCUT2D eigenvalue weighted by Crippen LogP contribution is -2.46. The molecule has 0 saturated heterocycles. The van der Waals surface area contributed by atoms with Crippen molar-refractivity contribution in [2.45, 2.75) is 71.9 Å².